The second kappa shape index (κ2) is 9.18. The van der Waals surface area contributed by atoms with E-state index in [-0.39, 0.29) is 24.5 Å². The summed E-state index contributed by atoms with van der Waals surface area (Å²) in [5.74, 6) is -0.231. The van der Waals surface area contributed by atoms with E-state index in [2.05, 4.69) is 15.0 Å². The van der Waals surface area contributed by atoms with Crippen molar-refractivity contribution in [3.05, 3.63) is 54.4 Å². The van der Waals surface area contributed by atoms with Gasteiger partial charge in [-0.05, 0) is 30.5 Å². The molecule has 3 rings (SSSR count). The number of pyridine rings is 1. The molecule has 0 bridgehead atoms. The zero-order valence-corrected chi connectivity index (χ0v) is 15.3. The molecule has 1 unspecified atom stereocenters. The average molecular weight is 369 g/mol. The van der Waals surface area contributed by atoms with E-state index in [0.29, 0.717) is 25.3 Å². The maximum atomic E-state index is 12.7. The van der Waals surface area contributed by atoms with Gasteiger partial charge in [-0.1, -0.05) is 6.07 Å². The predicted molar refractivity (Wildman–Crippen MR) is 97.6 cm³/mol. The molecule has 0 saturated carbocycles. The summed E-state index contributed by atoms with van der Waals surface area (Å²) in [4.78, 5) is 40.9. The standard InChI is InChI=1S/C19H23N5O3/c1-27-13-18(25)24(11-15-4-2-7-20-10-15)16-5-3-9-23(12-16)19(26)17-6-8-21-14-22-17/h2,4,6-8,10,14,16H,3,5,9,11-13H2,1H3. The van der Waals surface area contributed by atoms with Gasteiger partial charge in [0, 0.05) is 51.4 Å². The van der Waals surface area contributed by atoms with Crippen LogP contribution >= 0.6 is 0 Å². The zero-order valence-electron chi connectivity index (χ0n) is 15.3. The van der Waals surface area contributed by atoms with Crippen molar-refractivity contribution in [2.45, 2.75) is 25.4 Å². The Balaban J connectivity index is 1.75. The smallest absolute Gasteiger partial charge is 0.272 e. The van der Waals surface area contributed by atoms with Gasteiger partial charge in [-0.15, -0.1) is 0 Å². The third-order valence-electron chi connectivity index (χ3n) is 4.59. The van der Waals surface area contributed by atoms with Crippen molar-refractivity contribution in [1.82, 2.24) is 24.8 Å². The molecule has 1 atom stereocenters. The number of ether oxygens (including phenoxy) is 1. The highest BCUT2D eigenvalue weighted by atomic mass is 16.5. The van der Waals surface area contributed by atoms with E-state index < -0.39 is 0 Å². The topological polar surface area (TPSA) is 88.5 Å². The minimum atomic E-state index is -0.136. The number of likely N-dealkylation sites (tertiary alicyclic amines) is 1. The minimum absolute atomic E-state index is 0.0105. The Bertz CT molecular complexity index is 756. The van der Waals surface area contributed by atoms with E-state index in [4.69, 9.17) is 4.74 Å². The van der Waals surface area contributed by atoms with Gasteiger partial charge in [0.1, 0.15) is 18.6 Å². The van der Waals surface area contributed by atoms with Crippen molar-refractivity contribution in [2.75, 3.05) is 26.8 Å². The number of hydrogen-bond donors (Lipinski definition) is 0. The summed E-state index contributed by atoms with van der Waals surface area (Å²) in [5.41, 5.74) is 1.31. The van der Waals surface area contributed by atoms with Crippen LogP contribution in [0.1, 0.15) is 28.9 Å². The van der Waals surface area contributed by atoms with Crippen LogP contribution in [0.25, 0.3) is 0 Å². The molecule has 3 heterocycles. The number of amides is 2. The van der Waals surface area contributed by atoms with Gasteiger partial charge in [-0.2, -0.15) is 0 Å². The average Bonchev–Trinajstić information content (AvgIpc) is 2.73. The quantitative estimate of drug-likeness (QED) is 0.759. The molecule has 1 aliphatic rings. The Morgan fingerprint density at radius 2 is 2.19 bits per heavy atom. The molecule has 0 N–H and O–H groups in total. The lowest BCUT2D eigenvalue weighted by Gasteiger charge is -2.39. The van der Waals surface area contributed by atoms with Crippen LogP contribution in [0.2, 0.25) is 0 Å². The third kappa shape index (κ3) is 4.85. The van der Waals surface area contributed by atoms with Crippen LogP contribution in [0.5, 0.6) is 0 Å². The van der Waals surface area contributed by atoms with Crippen LogP contribution in [0.3, 0.4) is 0 Å². The van der Waals surface area contributed by atoms with Gasteiger partial charge in [-0.25, -0.2) is 9.97 Å². The number of carbonyl (C=O) groups excluding carboxylic acids is 2. The molecule has 8 heteroatoms. The maximum Gasteiger partial charge on any atom is 0.272 e. The first-order chi connectivity index (χ1) is 13.2. The van der Waals surface area contributed by atoms with Crippen molar-refractivity contribution >= 4 is 11.8 Å². The summed E-state index contributed by atoms with van der Waals surface area (Å²) in [7, 11) is 1.51. The Labute approximate surface area is 158 Å². The van der Waals surface area contributed by atoms with Crippen LogP contribution in [-0.2, 0) is 16.1 Å². The summed E-state index contributed by atoms with van der Waals surface area (Å²) >= 11 is 0. The van der Waals surface area contributed by atoms with Gasteiger partial charge in [0.15, 0.2) is 0 Å². The van der Waals surface area contributed by atoms with E-state index >= 15 is 0 Å². The van der Waals surface area contributed by atoms with Crippen molar-refractivity contribution in [2.24, 2.45) is 0 Å². The molecular weight excluding hydrogens is 346 g/mol. The van der Waals surface area contributed by atoms with Gasteiger partial charge < -0.3 is 14.5 Å². The van der Waals surface area contributed by atoms with Crippen molar-refractivity contribution in [3.8, 4) is 0 Å². The van der Waals surface area contributed by atoms with Gasteiger partial charge in [-0.3, -0.25) is 14.6 Å². The molecular formula is C19H23N5O3. The normalized spacial score (nSPS) is 16.8. The Morgan fingerprint density at radius 3 is 2.89 bits per heavy atom. The molecule has 2 aromatic rings. The number of methoxy groups -OCH3 is 1. The fourth-order valence-electron chi connectivity index (χ4n) is 3.29. The molecule has 142 valence electrons. The highest BCUT2D eigenvalue weighted by Crippen LogP contribution is 2.20. The number of aromatic nitrogens is 3. The Morgan fingerprint density at radius 1 is 1.30 bits per heavy atom. The number of piperidine rings is 1. The van der Waals surface area contributed by atoms with E-state index in [1.54, 1.807) is 34.5 Å². The van der Waals surface area contributed by atoms with Crippen LogP contribution < -0.4 is 0 Å². The van der Waals surface area contributed by atoms with Gasteiger partial charge >= 0.3 is 0 Å². The molecule has 2 amide bonds. The number of rotatable bonds is 6. The van der Waals surface area contributed by atoms with Crippen molar-refractivity contribution in [3.63, 3.8) is 0 Å². The highest BCUT2D eigenvalue weighted by Gasteiger charge is 2.31. The molecule has 0 radical (unpaired) electrons. The highest BCUT2D eigenvalue weighted by molar-refractivity contribution is 5.92. The van der Waals surface area contributed by atoms with E-state index in [0.717, 1.165) is 18.4 Å². The SMILES string of the molecule is COCC(=O)N(Cc1cccnc1)C1CCCN(C(=O)c2ccncn2)C1. The molecule has 2 aromatic heterocycles. The second-order valence-corrected chi connectivity index (χ2v) is 6.46. The molecule has 0 aromatic carbocycles. The first-order valence-electron chi connectivity index (χ1n) is 8.91. The lowest BCUT2D eigenvalue weighted by atomic mass is 10.0. The first kappa shape index (κ1) is 18.9. The van der Waals surface area contributed by atoms with Crippen molar-refractivity contribution in [1.29, 1.82) is 0 Å². The molecule has 1 saturated heterocycles. The van der Waals surface area contributed by atoms with Crippen LogP contribution in [0.4, 0.5) is 0 Å². The van der Waals surface area contributed by atoms with Crippen LogP contribution in [-0.4, -0.2) is 69.4 Å². The van der Waals surface area contributed by atoms with Gasteiger partial charge in [0.25, 0.3) is 5.91 Å². The zero-order chi connectivity index (χ0) is 19.1. The van der Waals surface area contributed by atoms with E-state index in [1.165, 1.54) is 13.4 Å². The van der Waals surface area contributed by atoms with Gasteiger partial charge in [0.05, 0.1) is 0 Å². The largest absolute Gasteiger partial charge is 0.375 e. The molecule has 27 heavy (non-hydrogen) atoms. The summed E-state index contributed by atoms with van der Waals surface area (Å²) in [6.07, 6.45) is 8.03. The number of hydrogen-bond acceptors (Lipinski definition) is 6. The van der Waals surface area contributed by atoms with Gasteiger partial charge in [0.2, 0.25) is 5.91 Å². The number of carbonyl (C=O) groups is 2. The van der Waals surface area contributed by atoms with E-state index in [1.807, 2.05) is 12.1 Å². The monoisotopic (exact) mass is 369 g/mol. The summed E-state index contributed by atoms with van der Waals surface area (Å²) in [6, 6.07) is 5.31. The van der Waals surface area contributed by atoms with Crippen LogP contribution in [0, 0.1) is 0 Å². The molecule has 0 spiro atoms. The molecule has 1 fully saturated rings. The lowest BCUT2D eigenvalue weighted by molar-refractivity contribution is -0.139. The maximum absolute atomic E-state index is 12.7. The lowest BCUT2D eigenvalue weighted by Crippen LogP contribution is -2.52. The minimum Gasteiger partial charge on any atom is -0.375 e. The molecule has 8 nitrogen and oxygen atoms in total. The van der Waals surface area contributed by atoms with Crippen molar-refractivity contribution < 1.29 is 14.3 Å². The Kier molecular flexibility index (Phi) is 6.43. The summed E-state index contributed by atoms with van der Waals surface area (Å²) in [5, 5.41) is 0. The second-order valence-electron chi connectivity index (χ2n) is 6.46. The fraction of sp³-hybridized carbons (Fsp3) is 0.421. The van der Waals surface area contributed by atoms with Crippen LogP contribution in [0.15, 0.2) is 43.1 Å². The molecule has 0 aliphatic carbocycles. The fourth-order valence-corrected chi connectivity index (χ4v) is 3.29. The Hall–Kier alpha value is -2.87. The summed E-state index contributed by atoms with van der Waals surface area (Å²) < 4.78 is 5.05. The first-order valence-corrected chi connectivity index (χ1v) is 8.91. The van der Waals surface area contributed by atoms with E-state index in [9.17, 15) is 9.59 Å². The summed E-state index contributed by atoms with van der Waals surface area (Å²) in [6.45, 7) is 1.57. The predicted octanol–water partition coefficient (Wildman–Crippen LogP) is 1.15. The molecule has 1 aliphatic heterocycles. The third-order valence-corrected chi connectivity index (χ3v) is 4.59. The number of nitrogens with zero attached hydrogens (tertiary/aromatic N) is 5.